The van der Waals surface area contributed by atoms with E-state index in [4.69, 9.17) is 4.74 Å². The lowest BCUT2D eigenvalue weighted by Crippen LogP contribution is -2.45. The maximum atomic E-state index is 12.5. The summed E-state index contributed by atoms with van der Waals surface area (Å²) in [6.45, 7) is 4.94. The van der Waals surface area contributed by atoms with Crippen molar-refractivity contribution in [3.05, 3.63) is 24.3 Å². The molecule has 1 amide bonds. The van der Waals surface area contributed by atoms with Gasteiger partial charge in [0.2, 0.25) is 5.91 Å². The summed E-state index contributed by atoms with van der Waals surface area (Å²) in [7, 11) is 0. The Hall–Kier alpha value is -1.66. The molecule has 0 radical (unpaired) electrons. The Balaban J connectivity index is 3.42. The first-order valence-electron chi connectivity index (χ1n) is 32.6. The van der Waals surface area contributed by atoms with Crippen molar-refractivity contribution in [2.75, 3.05) is 13.2 Å². The first-order valence-corrected chi connectivity index (χ1v) is 32.6. The summed E-state index contributed by atoms with van der Waals surface area (Å²) in [5.74, 6) is -0.0417. The summed E-state index contributed by atoms with van der Waals surface area (Å²) in [6, 6.07) is -0.548. The van der Waals surface area contributed by atoms with E-state index >= 15 is 0 Å². The van der Waals surface area contributed by atoms with Crippen LogP contribution in [-0.4, -0.2) is 47.4 Å². The van der Waals surface area contributed by atoms with E-state index in [9.17, 15) is 19.8 Å². The lowest BCUT2D eigenvalue weighted by atomic mass is 10.0. The number of hydrogen-bond acceptors (Lipinski definition) is 5. The smallest absolute Gasteiger partial charge is 0.305 e. The SMILES string of the molecule is CCCCC/C=C\C/C=C\CCCCCCCCCC(=O)OCCCCCCCCCCCCCCCCCCC(=O)NC(CO)C(O)CCCCCCCCCCCCCCCCCCCCCCCC. The van der Waals surface area contributed by atoms with Crippen molar-refractivity contribution >= 4 is 11.9 Å². The molecule has 0 bridgehead atoms. The Labute approximate surface area is 450 Å². The molecule has 0 aliphatic carbocycles. The highest BCUT2D eigenvalue weighted by Gasteiger charge is 2.20. The maximum absolute atomic E-state index is 12.5. The van der Waals surface area contributed by atoms with Gasteiger partial charge in [0.1, 0.15) is 0 Å². The predicted octanol–water partition coefficient (Wildman–Crippen LogP) is 20.6. The Morgan fingerprint density at radius 2 is 0.694 bits per heavy atom. The zero-order valence-electron chi connectivity index (χ0n) is 48.7. The van der Waals surface area contributed by atoms with Gasteiger partial charge in [-0.3, -0.25) is 9.59 Å². The molecule has 0 rings (SSSR count). The van der Waals surface area contributed by atoms with Crippen molar-refractivity contribution in [3.8, 4) is 0 Å². The van der Waals surface area contributed by atoms with Gasteiger partial charge < -0.3 is 20.3 Å². The van der Waals surface area contributed by atoms with Gasteiger partial charge >= 0.3 is 5.97 Å². The van der Waals surface area contributed by atoms with Crippen LogP contribution in [0.4, 0.5) is 0 Å². The average molecular weight is 1010 g/mol. The molecule has 0 heterocycles. The second kappa shape index (κ2) is 61.9. The molecule has 0 aromatic rings. The van der Waals surface area contributed by atoms with E-state index in [0.717, 1.165) is 51.4 Å². The molecule has 426 valence electrons. The normalized spacial score (nSPS) is 12.7. The minimum absolute atomic E-state index is 0.00353. The maximum Gasteiger partial charge on any atom is 0.305 e. The van der Waals surface area contributed by atoms with E-state index in [2.05, 4.69) is 43.5 Å². The minimum Gasteiger partial charge on any atom is -0.466 e. The van der Waals surface area contributed by atoms with Gasteiger partial charge in [-0.2, -0.15) is 0 Å². The summed E-state index contributed by atoms with van der Waals surface area (Å²) in [5.41, 5.74) is 0. The van der Waals surface area contributed by atoms with Gasteiger partial charge in [-0.1, -0.05) is 314 Å². The van der Waals surface area contributed by atoms with E-state index in [1.54, 1.807) is 0 Å². The lowest BCUT2D eigenvalue weighted by Gasteiger charge is -2.22. The lowest BCUT2D eigenvalue weighted by molar-refractivity contribution is -0.143. The summed E-state index contributed by atoms with van der Waals surface area (Å²) < 4.78 is 5.49. The van der Waals surface area contributed by atoms with Crippen LogP contribution in [0.5, 0.6) is 0 Å². The first kappa shape index (κ1) is 70.3. The average Bonchev–Trinajstić information content (AvgIpc) is 3.38. The van der Waals surface area contributed by atoms with Crippen molar-refractivity contribution < 1.29 is 24.5 Å². The minimum atomic E-state index is -0.670. The Kier molecular flexibility index (Phi) is 60.5. The number of ether oxygens (including phenoxy) is 1. The molecule has 0 saturated carbocycles. The topological polar surface area (TPSA) is 95.9 Å². The van der Waals surface area contributed by atoms with Gasteiger partial charge in [-0.25, -0.2) is 0 Å². The molecule has 0 spiro atoms. The van der Waals surface area contributed by atoms with Crippen molar-refractivity contribution in [1.82, 2.24) is 5.32 Å². The summed E-state index contributed by atoms with van der Waals surface area (Å²) in [5, 5.41) is 23.4. The number of aliphatic hydroxyl groups is 2. The Bertz CT molecular complexity index is 1120. The molecule has 2 atom stereocenters. The number of hydrogen-bond donors (Lipinski definition) is 3. The largest absolute Gasteiger partial charge is 0.466 e. The molecule has 6 heteroatoms. The van der Waals surface area contributed by atoms with E-state index in [1.807, 2.05) is 0 Å². The van der Waals surface area contributed by atoms with Gasteiger partial charge in [0, 0.05) is 12.8 Å². The van der Waals surface area contributed by atoms with E-state index in [1.165, 1.54) is 276 Å². The van der Waals surface area contributed by atoms with Crippen molar-refractivity contribution in [3.63, 3.8) is 0 Å². The van der Waals surface area contributed by atoms with Crippen molar-refractivity contribution in [2.45, 2.75) is 373 Å². The Morgan fingerprint density at radius 3 is 1.08 bits per heavy atom. The van der Waals surface area contributed by atoms with Crippen LogP contribution >= 0.6 is 0 Å². The van der Waals surface area contributed by atoms with Crippen molar-refractivity contribution in [2.24, 2.45) is 0 Å². The van der Waals surface area contributed by atoms with Crippen LogP contribution in [0, 0.1) is 0 Å². The molecular weight excluding hydrogens is 887 g/mol. The number of unbranched alkanes of at least 4 members (excludes halogenated alkanes) is 46. The third-order valence-corrected chi connectivity index (χ3v) is 15.3. The molecule has 0 aromatic carbocycles. The second-order valence-corrected chi connectivity index (χ2v) is 22.5. The predicted molar refractivity (Wildman–Crippen MR) is 315 cm³/mol. The zero-order valence-corrected chi connectivity index (χ0v) is 48.7. The van der Waals surface area contributed by atoms with E-state index < -0.39 is 12.1 Å². The van der Waals surface area contributed by atoms with Crippen molar-refractivity contribution in [1.29, 1.82) is 0 Å². The number of rotatable bonds is 61. The molecule has 2 unspecified atom stereocenters. The fourth-order valence-electron chi connectivity index (χ4n) is 10.3. The summed E-state index contributed by atoms with van der Waals surface area (Å²) in [4.78, 5) is 24.6. The second-order valence-electron chi connectivity index (χ2n) is 22.5. The van der Waals surface area contributed by atoms with Crippen LogP contribution < -0.4 is 5.32 Å². The first-order chi connectivity index (χ1) is 35.5. The quantitative estimate of drug-likeness (QED) is 0.0320. The molecule has 72 heavy (non-hydrogen) atoms. The van der Waals surface area contributed by atoms with Gasteiger partial charge in [-0.15, -0.1) is 0 Å². The molecule has 0 saturated heterocycles. The molecule has 0 aliphatic rings. The number of aliphatic hydroxyl groups excluding tert-OH is 2. The van der Waals surface area contributed by atoms with Crippen LogP contribution in [0.15, 0.2) is 24.3 Å². The molecule has 0 aromatic heterocycles. The number of esters is 1. The standard InChI is InChI=1S/C66H127NO5/c1-3-5-7-9-11-13-15-17-19-21-22-23-24-25-27-30-34-38-42-46-50-54-58-64(69)63(62-68)67-65(70)59-55-51-47-43-39-35-31-28-29-33-37-41-45-49-53-57-61-72-66(71)60-56-52-48-44-40-36-32-26-20-18-16-14-12-10-8-6-4-2/h12,14,18,20,63-64,68-69H,3-11,13,15-17,19,21-62H2,1-2H3,(H,67,70)/b14-12-,20-18-. The van der Waals surface area contributed by atoms with Crippen LogP contribution in [0.3, 0.4) is 0 Å². The van der Waals surface area contributed by atoms with Crippen LogP contribution in [0.25, 0.3) is 0 Å². The summed E-state index contributed by atoms with van der Waals surface area (Å²) >= 11 is 0. The van der Waals surface area contributed by atoms with Crippen LogP contribution in [0.2, 0.25) is 0 Å². The number of nitrogens with one attached hydrogen (secondary N) is 1. The highest BCUT2D eigenvalue weighted by molar-refractivity contribution is 5.76. The highest BCUT2D eigenvalue weighted by Crippen LogP contribution is 2.18. The number of carbonyl (C=O) groups is 2. The van der Waals surface area contributed by atoms with Gasteiger partial charge in [0.05, 0.1) is 25.4 Å². The van der Waals surface area contributed by atoms with Gasteiger partial charge in [0.15, 0.2) is 0 Å². The Morgan fingerprint density at radius 1 is 0.389 bits per heavy atom. The zero-order chi connectivity index (χ0) is 52.2. The fraction of sp³-hybridized carbons (Fsp3) is 0.909. The number of amides is 1. The highest BCUT2D eigenvalue weighted by atomic mass is 16.5. The van der Waals surface area contributed by atoms with E-state index in [-0.39, 0.29) is 18.5 Å². The molecule has 0 fully saturated rings. The van der Waals surface area contributed by atoms with Gasteiger partial charge in [0.25, 0.3) is 0 Å². The van der Waals surface area contributed by atoms with Crippen LogP contribution in [-0.2, 0) is 14.3 Å². The van der Waals surface area contributed by atoms with Crippen LogP contribution in [0.1, 0.15) is 361 Å². The third-order valence-electron chi connectivity index (χ3n) is 15.3. The molecule has 6 nitrogen and oxygen atoms in total. The summed E-state index contributed by atoms with van der Waals surface area (Å²) in [6.07, 6.45) is 76.1. The third kappa shape index (κ3) is 57.6. The molecule has 0 aliphatic heterocycles. The number of carbonyl (C=O) groups excluding carboxylic acids is 2. The molecule has 3 N–H and O–H groups in total. The van der Waals surface area contributed by atoms with E-state index in [0.29, 0.717) is 25.9 Å². The fourth-order valence-corrected chi connectivity index (χ4v) is 10.3. The number of allylic oxidation sites excluding steroid dienone is 4. The monoisotopic (exact) mass is 1010 g/mol. The van der Waals surface area contributed by atoms with Gasteiger partial charge in [-0.05, 0) is 57.8 Å². The molecular formula is C66H127NO5.